The van der Waals surface area contributed by atoms with Crippen LogP contribution in [0, 0.1) is 23.7 Å². The van der Waals surface area contributed by atoms with E-state index >= 15 is 0 Å². The van der Waals surface area contributed by atoms with E-state index in [4.69, 9.17) is 9.47 Å². The Kier molecular flexibility index (Phi) is 4.79. The Morgan fingerprint density at radius 1 is 0.935 bits per heavy atom. The lowest BCUT2D eigenvalue weighted by Gasteiger charge is -2.59. The third-order valence-electron chi connectivity index (χ3n) is 7.57. The number of carbonyl (C=O) groups excluding carboxylic acids is 1. The van der Waals surface area contributed by atoms with Gasteiger partial charge in [0.2, 0.25) is 0 Å². The van der Waals surface area contributed by atoms with Crippen molar-refractivity contribution >= 4 is 5.97 Å². The van der Waals surface area contributed by atoms with Gasteiger partial charge in [-0.1, -0.05) is 18.2 Å². The van der Waals surface area contributed by atoms with Crippen LogP contribution in [-0.2, 0) is 6.18 Å². The van der Waals surface area contributed by atoms with Crippen LogP contribution in [0.5, 0.6) is 11.5 Å². The molecule has 0 aliphatic heterocycles. The van der Waals surface area contributed by atoms with Crippen LogP contribution in [0.15, 0.2) is 48.5 Å². The van der Waals surface area contributed by atoms with Crippen LogP contribution in [0.2, 0.25) is 0 Å². The van der Waals surface area contributed by atoms with Gasteiger partial charge in [-0.2, -0.15) is 13.2 Å². The Balaban J connectivity index is 1.46. The summed E-state index contributed by atoms with van der Waals surface area (Å²) in [5, 5.41) is 0. The first kappa shape index (κ1) is 20.4. The highest BCUT2D eigenvalue weighted by molar-refractivity contribution is 5.91. The molecule has 0 radical (unpaired) electrons. The molecule has 4 bridgehead atoms. The average Bonchev–Trinajstić information content (AvgIpc) is 2.71. The van der Waals surface area contributed by atoms with Crippen molar-refractivity contribution in [3.05, 3.63) is 59.7 Å². The van der Waals surface area contributed by atoms with Crippen molar-refractivity contribution < 1.29 is 27.4 Å². The zero-order valence-corrected chi connectivity index (χ0v) is 17.3. The number of hydrogen-bond donors (Lipinski definition) is 0. The third-order valence-corrected chi connectivity index (χ3v) is 7.57. The third kappa shape index (κ3) is 3.70. The summed E-state index contributed by atoms with van der Waals surface area (Å²) >= 11 is 0. The van der Waals surface area contributed by atoms with E-state index in [9.17, 15) is 18.0 Å². The first-order chi connectivity index (χ1) is 14.7. The molecule has 164 valence electrons. The number of para-hydroxylation sites is 1. The lowest BCUT2D eigenvalue weighted by Crippen LogP contribution is -2.59. The largest absolute Gasteiger partial charge is 0.486 e. The van der Waals surface area contributed by atoms with Crippen molar-refractivity contribution in [2.75, 3.05) is 0 Å². The lowest BCUT2D eigenvalue weighted by molar-refractivity contribution is -0.157. The number of ether oxygens (including phenoxy) is 2. The summed E-state index contributed by atoms with van der Waals surface area (Å²) in [7, 11) is 0. The molecule has 4 fully saturated rings. The minimum atomic E-state index is -4.57. The van der Waals surface area contributed by atoms with Crippen molar-refractivity contribution in [2.24, 2.45) is 23.7 Å². The van der Waals surface area contributed by atoms with Crippen LogP contribution in [-0.4, -0.2) is 11.6 Å². The van der Waals surface area contributed by atoms with Gasteiger partial charge in [0.25, 0.3) is 0 Å². The van der Waals surface area contributed by atoms with Crippen molar-refractivity contribution in [1.82, 2.24) is 0 Å². The molecule has 0 heterocycles. The van der Waals surface area contributed by atoms with Crippen LogP contribution < -0.4 is 9.47 Å². The molecule has 4 saturated carbocycles. The molecule has 2 aromatic carbocycles. The first-order valence-electron chi connectivity index (χ1n) is 10.9. The average molecular weight is 430 g/mol. The molecule has 0 aromatic heterocycles. The second-order valence-electron chi connectivity index (χ2n) is 9.50. The summed E-state index contributed by atoms with van der Waals surface area (Å²) in [4.78, 5) is 12.6. The van der Waals surface area contributed by atoms with Gasteiger partial charge in [-0.3, -0.25) is 0 Å². The summed E-state index contributed by atoms with van der Waals surface area (Å²) in [6.45, 7) is 1.97. The van der Waals surface area contributed by atoms with Crippen molar-refractivity contribution in [3.8, 4) is 11.5 Å². The lowest BCUT2D eigenvalue weighted by atomic mass is 9.50. The van der Waals surface area contributed by atoms with Gasteiger partial charge in [0.05, 0.1) is 11.1 Å². The molecule has 0 unspecified atom stereocenters. The Labute approximate surface area is 179 Å². The molecular formula is C25H25F3O3. The van der Waals surface area contributed by atoms with E-state index in [-0.39, 0.29) is 23.1 Å². The van der Waals surface area contributed by atoms with Crippen LogP contribution >= 0.6 is 0 Å². The highest BCUT2D eigenvalue weighted by atomic mass is 19.4. The SMILES string of the molecule is CC1(Oc2cc(C(=O)Oc3ccccc3)ccc2C(F)(F)F)C2CC3CC(C2)CC1C3. The predicted molar refractivity (Wildman–Crippen MR) is 109 cm³/mol. The van der Waals surface area contributed by atoms with Gasteiger partial charge in [0, 0.05) is 0 Å². The molecule has 0 N–H and O–H groups in total. The molecular weight excluding hydrogens is 405 g/mol. The van der Waals surface area contributed by atoms with Crippen molar-refractivity contribution in [1.29, 1.82) is 0 Å². The molecule has 6 rings (SSSR count). The number of benzene rings is 2. The standard InChI is InChI=1S/C25H25F3O3/c1-24(18-10-15-9-16(12-18)13-19(24)11-15)31-22-14-17(7-8-21(22)25(26,27)28)23(29)30-20-5-3-2-4-6-20/h2-8,14-16,18-19H,9-13H2,1H3. The van der Waals surface area contributed by atoms with Crippen molar-refractivity contribution in [2.45, 2.75) is 50.8 Å². The van der Waals surface area contributed by atoms with Gasteiger partial charge in [0.15, 0.2) is 0 Å². The van der Waals surface area contributed by atoms with Crippen LogP contribution in [0.4, 0.5) is 13.2 Å². The summed E-state index contributed by atoms with van der Waals surface area (Å²) in [5.74, 6) is 1.21. The topological polar surface area (TPSA) is 35.5 Å². The van der Waals surface area contributed by atoms with Gasteiger partial charge >= 0.3 is 12.1 Å². The highest BCUT2D eigenvalue weighted by Crippen LogP contribution is 2.59. The monoisotopic (exact) mass is 430 g/mol. The van der Waals surface area contributed by atoms with Gasteiger partial charge in [-0.25, -0.2) is 4.79 Å². The summed E-state index contributed by atoms with van der Waals surface area (Å²) in [6, 6.07) is 11.7. The van der Waals surface area contributed by atoms with Crippen LogP contribution in [0.25, 0.3) is 0 Å². The maximum Gasteiger partial charge on any atom is 0.419 e. The second-order valence-corrected chi connectivity index (χ2v) is 9.50. The molecule has 0 spiro atoms. The fourth-order valence-corrected chi connectivity index (χ4v) is 6.15. The van der Waals surface area contributed by atoms with E-state index in [1.165, 1.54) is 12.5 Å². The molecule has 3 nitrogen and oxygen atoms in total. The predicted octanol–water partition coefficient (Wildman–Crippen LogP) is 6.52. The minimum absolute atomic E-state index is 0.0410. The van der Waals surface area contributed by atoms with Gasteiger partial charge in [0.1, 0.15) is 17.1 Å². The van der Waals surface area contributed by atoms with E-state index in [0.717, 1.165) is 37.8 Å². The van der Waals surface area contributed by atoms with E-state index in [1.807, 2.05) is 6.92 Å². The second kappa shape index (κ2) is 7.28. The molecule has 4 aliphatic carbocycles. The Hall–Kier alpha value is -2.50. The Bertz CT molecular complexity index is 955. The van der Waals surface area contributed by atoms with Crippen molar-refractivity contribution in [3.63, 3.8) is 0 Å². The normalized spacial score (nSPS) is 31.5. The summed E-state index contributed by atoms with van der Waals surface area (Å²) < 4.78 is 52.9. The maximum absolute atomic E-state index is 13.8. The molecule has 0 atom stereocenters. The summed E-state index contributed by atoms with van der Waals surface area (Å²) in [5.41, 5.74) is -1.45. The smallest absolute Gasteiger partial charge is 0.419 e. The number of alkyl halides is 3. The number of esters is 1. The first-order valence-corrected chi connectivity index (χ1v) is 10.9. The number of rotatable bonds is 4. The maximum atomic E-state index is 13.8. The summed E-state index contributed by atoms with van der Waals surface area (Å²) in [6.07, 6.45) is 0.736. The van der Waals surface area contributed by atoms with E-state index < -0.39 is 23.3 Å². The molecule has 6 heteroatoms. The molecule has 31 heavy (non-hydrogen) atoms. The van der Waals surface area contributed by atoms with Crippen LogP contribution in [0.1, 0.15) is 54.9 Å². The number of hydrogen-bond acceptors (Lipinski definition) is 3. The minimum Gasteiger partial charge on any atom is -0.486 e. The zero-order chi connectivity index (χ0) is 21.8. The Morgan fingerprint density at radius 3 is 2.13 bits per heavy atom. The zero-order valence-electron chi connectivity index (χ0n) is 17.3. The molecule has 0 amide bonds. The fraction of sp³-hybridized carbons (Fsp3) is 0.480. The van der Waals surface area contributed by atoms with Gasteiger partial charge < -0.3 is 9.47 Å². The number of carbonyl (C=O) groups is 1. The quantitative estimate of drug-likeness (QED) is 0.409. The van der Waals surface area contributed by atoms with E-state index in [0.29, 0.717) is 17.6 Å². The molecule has 4 aliphatic rings. The van der Waals surface area contributed by atoms with Gasteiger partial charge in [-0.15, -0.1) is 0 Å². The highest BCUT2D eigenvalue weighted by Gasteiger charge is 2.57. The van der Waals surface area contributed by atoms with Crippen LogP contribution in [0.3, 0.4) is 0 Å². The van der Waals surface area contributed by atoms with E-state index in [1.54, 1.807) is 30.3 Å². The number of halogens is 3. The molecule has 0 saturated heterocycles. The molecule has 2 aromatic rings. The van der Waals surface area contributed by atoms with E-state index in [2.05, 4.69) is 0 Å². The Morgan fingerprint density at radius 2 is 1.55 bits per heavy atom. The van der Waals surface area contributed by atoms with Gasteiger partial charge in [-0.05, 0) is 93.0 Å². The fourth-order valence-electron chi connectivity index (χ4n) is 6.15.